The lowest BCUT2D eigenvalue weighted by atomic mass is 10.1. The molecule has 0 unspecified atom stereocenters. The monoisotopic (exact) mass is 283 g/mol. The van der Waals surface area contributed by atoms with E-state index < -0.39 is 9.84 Å². The highest BCUT2D eigenvalue weighted by atomic mass is 32.2. The Kier molecular flexibility index (Phi) is 4.96. The van der Waals surface area contributed by atoms with Crippen LogP contribution in [0.3, 0.4) is 0 Å². The third-order valence-electron chi connectivity index (χ3n) is 3.46. The zero-order chi connectivity index (χ0) is 13.7. The van der Waals surface area contributed by atoms with Gasteiger partial charge in [0, 0.05) is 19.2 Å². The first-order chi connectivity index (χ1) is 9.09. The normalized spacial score (nSPS) is 21.4. The molecule has 0 aromatic heterocycles. The molecule has 4 nitrogen and oxygen atoms in total. The quantitative estimate of drug-likeness (QED) is 0.862. The van der Waals surface area contributed by atoms with Gasteiger partial charge in [-0.05, 0) is 31.9 Å². The lowest BCUT2D eigenvalue weighted by Gasteiger charge is -2.19. The summed E-state index contributed by atoms with van der Waals surface area (Å²) in [5, 5.41) is 3.25. The SMILES string of the molecule is C[C@@H](NCCS(=O)(=O)c1ccccc1)[C@H]1CCCO1. The first-order valence-corrected chi connectivity index (χ1v) is 8.37. The van der Waals surface area contributed by atoms with E-state index in [0.29, 0.717) is 11.4 Å². The third-order valence-corrected chi connectivity index (χ3v) is 5.19. The fourth-order valence-electron chi connectivity index (χ4n) is 2.29. The topological polar surface area (TPSA) is 55.4 Å². The minimum absolute atomic E-state index is 0.119. The molecular weight excluding hydrogens is 262 g/mol. The molecule has 5 heteroatoms. The highest BCUT2D eigenvalue weighted by Gasteiger charge is 2.22. The summed E-state index contributed by atoms with van der Waals surface area (Å²) >= 11 is 0. The Morgan fingerprint density at radius 1 is 1.37 bits per heavy atom. The van der Waals surface area contributed by atoms with Crippen LogP contribution >= 0.6 is 0 Å². The maximum absolute atomic E-state index is 12.1. The maximum Gasteiger partial charge on any atom is 0.179 e. The summed E-state index contributed by atoms with van der Waals surface area (Å²) in [6.07, 6.45) is 2.37. The molecule has 1 aliphatic heterocycles. The largest absolute Gasteiger partial charge is 0.377 e. The second-order valence-corrected chi connectivity index (χ2v) is 7.04. The molecule has 0 aliphatic carbocycles. The highest BCUT2D eigenvalue weighted by Crippen LogP contribution is 2.15. The number of benzene rings is 1. The predicted octanol–water partition coefficient (Wildman–Crippen LogP) is 1.62. The molecule has 0 spiro atoms. The molecule has 1 aliphatic rings. The van der Waals surface area contributed by atoms with Gasteiger partial charge in [-0.3, -0.25) is 0 Å². The van der Waals surface area contributed by atoms with Gasteiger partial charge in [-0.25, -0.2) is 8.42 Å². The molecule has 1 fully saturated rings. The van der Waals surface area contributed by atoms with Gasteiger partial charge in [0.05, 0.1) is 16.8 Å². The molecule has 1 heterocycles. The first-order valence-electron chi connectivity index (χ1n) is 6.72. The van der Waals surface area contributed by atoms with Crippen LogP contribution in [0.2, 0.25) is 0 Å². The van der Waals surface area contributed by atoms with Crippen LogP contribution in [-0.4, -0.2) is 39.5 Å². The van der Waals surface area contributed by atoms with Crippen molar-refractivity contribution < 1.29 is 13.2 Å². The van der Waals surface area contributed by atoms with Gasteiger partial charge in [0.2, 0.25) is 0 Å². The van der Waals surface area contributed by atoms with Crippen LogP contribution < -0.4 is 5.32 Å². The van der Waals surface area contributed by atoms with Crippen molar-refractivity contribution in [3.8, 4) is 0 Å². The van der Waals surface area contributed by atoms with Crippen molar-refractivity contribution in [1.82, 2.24) is 5.32 Å². The molecule has 19 heavy (non-hydrogen) atoms. The summed E-state index contributed by atoms with van der Waals surface area (Å²) in [4.78, 5) is 0.390. The molecule has 2 atom stereocenters. The van der Waals surface area contributed by atoms with Crippen molar-refractivity contribution in [2.75, 3.05) is 18.9 Å². The summed E-state index contributed by atoms with van der Waals surface area (Å²) in [6, 6.07) is 8.78. The number of sulfone groups is 1. The second-order valence-electron chi connectivity index (χ2n) is 4.93. The number of hydrogen-bond donors (Lipinski definition) is 1. The van der Waals surface area contributed by atoms with E-state index in [1.807, 2.05) is 13.0 Å². The highest BCUT2D eigenvalue weighted by molar-refractivity contribution is 7.91. The third kappa shape index (κ3) is 4.03. The Balaban J connectivity index is 1.82. The van der Waals surface area contributed by atoms with E-state index in [1.165, 1.54) is 0 Å². The van der Waals surface area contributed by atoms with E-state index in [0.717, 1.165) is 19.4 Å². The van der Waals surface area contributed by atoms with Crippen LogP contribution in [0.5, 0.6) is 0 Å². The van der Waals surface area contributed by atoms with E-state index in [-0.39, 0.29) is 17.9 Å². The van der Waals surface area contributed by atoms with Gasteiger partial charge in [0.1, 0.15) is 0 Å². The van der Waals surface area contributed by atoms with Crippen molar-refractivity contribution in [2.24, 2.45) is 0 Å². The van der Waals surface area contributed by atoms with Crippen LogP contribution in [0.25, 0.3) is 0 Å². The molecule has 0 bridgehead atoms. The van der Waals surface area contributed by atoms with E-state index >= 15 is 0 Å². The minimum atomic E-state index is -3.18. The Morgan fingerprint density at radius 2 is 2.11 bits per heavy atom. The summed E-state index contributed by atoms with van der Waals surface area (Å²) in [5.41, 5.74) is 0. The van der Waals surface area contributed by atoms with Gasteiger partial charge < -0.3 is 10.1 Å². The molecule has 106 valence electrons. The Hall–Kier alpha value is -0.910. The number of rotatable bonds is 6. The first kappa shape index (κ1) is 14.5. The van der Waals surface area contributed by atoms with Crippen molar-refractivity contribution in [1.29, 1.82) is 0 Å². The smallest absolute Gasteiger partial charge is 0.179 e. The average molecular weight is 283 g/mol. The molecule has 2 rings (SSSR count). The van der Waals surface area contributed by atoms with E-state index in [1.54, 1.807) is 24.3 Å². The fraction of sp³-hybridized carbons (Fsp3) is 0.571. The van der Waals surface area contributed by atoms with Gasteiger partial charge in [-0.1, -0.05) is 18.2 Å². The van der Waals surface area contributed by atoms with Gasteiger partial charge in [0.15, 0.2) is 9.84 Å². The summed E-state index contributed by atoms with van der Waals surface area (Å²) in [5.74, 6) is 0.119. The number of nitrogens with one attached hydrogen (secondary N) is 1. The predicted molar refractivity (Wildman–Crippen MR) is 74.9 cm³/mol. The molecule has 1 N–H and O–H groups in total. The molecule has 0 amide bonds. The van der Waals surface area contributed by atoms with Crippen LogP contribution in [-0.2, 0) is 14.6 Å². The van der Waals surface area contributed by atoms with Gasteiger partial charge in [-0.15, -0.1) is 0 Å². The summed E-state index contributed by atoms with van der Waals surface area (Å²) in [7, 11) is -3.18. The summed E-state index contributed by atoms with van der Waals surface area (Å²) < 4.78 is 29.7. The van der Waals surface area contributed by atoms with E-state index in [2.05, 4.69) is 5.32 Å². The van der Waals surface area contributed by atoms with Crippen LogP contribution in [0, 0.1) is 0 Å². The van der Waals surface area contributed by atoms with Crippen molar-refractivity contribution in [3.63, 3.8) is 0 Å². The summed E-state index contributed by atoms with van der Waals surface area (Å²) in [6.45, 7) is 3.32. The fourth-order valence-corrected chi connectivity index (χ4v) is 3.49. The van der Waals surface area contributed by atoms with Gasteiger partial charge in [-0.2, -0.15) is 0 Å². The number of hydrogen-bond acceptors (Lipinski definition) is 4. The average Bonchev–Trinajstić information content (AvgIpc) is 2.93. The Morgan fingerprint density at radius 3 is 2.74 bits per heavy atom. The Labute approximate surface area is 115 Å². The van der Waals surface area contributed by atoms with Crippen molar-refractivity contribution in [3.05, 3.63) is 30.3 Å². The minimum Gasteiger partial charge on any atom is -0.377 e. The molecule has 1 aromatic carbocycles. The zero-order valence-electron chi connectivity index (χ0n) is 11.2. The molecule has 0 radical (unpaired) electrons. The van der Waals surface area contributed by atoms with Crippen molar-refractivity contribution in [2.45, 2.75) is 36.8 Å². The van der Waals surface area contributed by atoms with Crippen LogP contribution in [0.15, 0.2) is 35.2 Å². The second kappa shape index (κ2) is 6.50. The molecule has 1 aromatic rings. The van der Waals surface area contributed by atoms with Crippen molar-refractivity contribution >= 4 is 9.84 Å². The lowest BCUT2D eigenvalue weighted by molar-refractivity contribution is 0.0844. The van der Waals surface area contributed by atoms with E-state index in [9.17, 15) is 8.42 Å². The molecular formula is C14H21NO3S. The molecule has 1 saturated heterocycles. The van der Waals surface area contributed by atoms with Crippen LogP contribution in [0.4, 0.5) is 0 Å². The standard InChI is InChI=1S/C14H21NO3S/c1-12(14-8-5-10-18-14)15-9-11-19(16,17)13-6-3-2-4-7-13/h2-4,6-7,12,14-15H,5,8-11H2,1H3/t12-,14-/m1/s1. The Bertz CT molecular complexity index is 481. The molecule has 0 saturated carbocycles. The maximum atomic E-state index is 12.1. The van der Waals surface area contributed by atoms with Gasteiger partial charge in [0.25, 0.3) is 0 Å². The lowest BCUT2D eigenvalue weighted by Crippen LogP contribution is -2.39. The number of ether oxygens (including phenoxy) is 1. The zero-order valence-corrected chi connectivity index (χ0v) is 12.0. The van der Waals surface area contributed by atoms with Crippen LogP contribution in [0.1, 0.15) is 19.8 Å². The van der Waals surface area contributed by atoms with E-state index in [4.69, 9.17) is 4.74 Å². The van der Waals surface area contributed by atoms with Gasteiger partial charge >= 0.3 is 0 Å².